The van der Waals surface area contributed by atoms with Crippen LogP contribution in [0.15, 0.2) is 0 Å². The van der Waals surface area contributed by atoms with E-state index >= 15 is 0 Å². The smallest absolute Gasteiger partial charge is 0.380 e. The molecule has 0 aliphatic rings. The minimum Gasteiger partial charge on any atom is -0.380 e. The summed E-state index contributed by atoms with van der Waals surface area (Å²) in [6, 6.07) is 0. The number of halogens is 8. The van der Waals surface area contributed by atoms with Gasteiger partial charge in [-0.1, -0.05) is 31.9 Å². The van der Waals surface area contributed by atoms with Crippen molar-refractivity contribution in [2.24, 2.45) is 11.8 Å². The molecule has 0 radical (unpaired) electrons. The zero-order valence-corrected chi connectivity index (χ0v) is 11.6. The van der Waals surface area contributed by atoms with Crippen LogP contribution < -0.4 is 0 Å². The first-order valence-corrected chi connectivity index (χ1v) is 6.70. The van der Waals surface area contributed by atoms with Gasteiger partial charge in [0.15, 0.2) is 0 Å². The lowest BCUT2D eigenvalue weighted by Crippen LogP contribution is -2.33. The Kier molecular flexibility index (Phi) is 7.39. The Morgan fingerprint density at radius 2 is 1.06 bits per heavy atom. The lowest BCUT2D eigenvalue weighted by Gasteiger charge is -2.21. The van der Waals surface area contributed by atoms with E-state index < -0.39 is 48.1 Å². The van der Waals surface area contributed by atoms with E-state index in [0.29, 0.717) is 0 Å². The van der Waals surface area contributed by atoms with Gasteiger partial charge in [0, 0.05) is 10.7 Å². The van der Waals surface area contributed by atoms with Gasteiger partial charge in [-0.25, -0.2) is 0 Å². The van der Waals surface area contributed by atoms with E-state index in [0.717, 1.165) is 0 Å². The first kappa shape index (κ1) is 17.5. The Labute approximate surface area is 111 Å². The summed E-state index contributed by atoms with van der Waals surface area (Å²) in [5.41, 5.74) is 0. The molecule has 0 rings (SSSR count). The largest absolute Gasteiger partial charge is 0.394 e. The first-order valence-electron chi connectivity index (χ1n) is 4.46. The fourth-order valence-electron chi connectivity index (χ4n) is 0.806. The van der Waals surface area contributed by atoms with Gasteiger partial charge < -0.3 is 4.74 Å². The van der Waals surface area contributed by atoms with Crippen molar-refractivity contribution in [3.63, 3.8) is 0 Å². The summed E-state index contributed by atoms with van der Waals surface area (Å²) >= 11 is 5.29. The summed E-state index contributed by atoms with van der Waals surface area (Å²) in [5.74, 6) is -3.60. The zero-order chi connectivity index (χ0) is 13.7. The molecule has 0 bridgehead atoms. The highest BCUT2D eigenvalue weighted by Gasteiger charge is 2.41. The lowest BCUT2D eigenvalue weighted by atomic mass is 10.2. The summed E-state index contributed by atoms with van der Waals surface area (Å²) in [6.45, 7) is -1.57. The van der Waals surface area contributed by atoms with Crippen molar-refractivity contribution in [1.82, 2.24) is 0 Å². The molecule has 0 aromatic heterocycles. The van der Waals surface area contributed by atoms with E-state index in [-0.39, 0.29) is 0 Å². The van der Waals surface area contributed by atoms with Crippen molar-refractivity contribution in [2.75, 3.05) is 23.9 Å². The predicted octanol–water partition coefficient (Wildman–Crippen LogP) is 4.15. The molecule has 0 fully saturated rings. The second-order valence-corrected chi connectivity index (χ2v) is 4.62. The fraction of sp³-hybridized carbons (Fsp3) is 1.00. The summed E-state index contributed by atoms with van der Waals surface area (Å²) in [5, 5.41) is -0.803. The molecule has 0 aromatic rings. The third-order valence-corrected chi connectivity index (χ3v) is 3.50. The third-order valence-electron chi connectivity index (χ3n) is 1.94. The molecule has 2 unspecified atom stereocenters. The molecular weight excluding hydrogens is 386 g/mol. The molecule has 0 saturated carbocycles. The Morgan fingerprint density at radius 1 is 0.765 bits per heavy atom. The van der Waals surface area contributed by atoms with Crippen LogP contribution in [0.25, 0.3) is 0 Å². The highest BCUT2D eigenvalue weighted by molar-refractivity contribution is 9.09. The molecule has 0 amide bonds. The maximum atomic E-state index is 12.2. The first-order chi connectivity index (χ1) is 7.62. The Hall–Kier alpha value is 0.500. The van der Waals surface area contributed by atoms with Gasteiger partial charge in [-0.05, 0) is 0 Å². The molecule has 17 heavy (non-hydrogen) atoms. The highest BCUT2D eigenvalue weighted by Crippen LogP contribution is 2.30. The number of hydrogen-bond acceptors (Lipinski definition) is 1. The maximum absolute atomic E-state index is 12.2. The quantitative estimate of drug-likeness (QED) is 0.485. The van der Waals surface area contributed by atoms with E-state index in [1.165, 1.54) is 0 Å². The predicted molar refractivity (Wildman–Crippen MR) is 57.5 cm³/mol. The average molecular weight is 396 g/mol. The van der Waals surface area contributed by atoms with Crippen molar-refractivity contribution in [2.45, 2.75) is 12.4 Å². The molecule has 9 heteroatoms. The standard InChI is InChI=1S/C8H10Br2F6O/c9-1-5(7(11,12)13)3-17-4-6(2-10)8(14,15)16/h5-6H,1-4H2. The lowest BCUT2D eigenvalue weighted by molar-refractivity contribution is -0.198. The monoisotopic (exact) mass is 394 g/mol. The maximum Gasteiger partial charge on any atom is 0.394 e. The summed E-state index contributed by atoms with van der Waals surface area (Å²) < 4.78 is 77.8. The molecule has 0 N–H and O–H groups in total. The minimum absolute atomic E-state index is 0.401. The minimum atomic E-state index is -4.48. The number of ether oxygens (including phenoxy) is 1. The van der Waals surface area contributed by atoms with Crippen LogP contribution in [0, 0.1) is 11.8 Å². The zero-order valence-electron chi connectivity index (χ0n) is 8.42. The third kappa shape index (κ3) is 6.85. The number of rotatable bonds is 6. The van der Waals surface area contributed by atoms with Gasteiger partial charge in [-0.3, -0.25) is 0 Å². The second-order valence-electron chi connectivity index (χ2n) is 3.32. The summed E-state index contributed by atoms with van der Waals surface area (Å²) in [4.78, 5) is 0. The van der Waals surface area contributed by atoms with E-state index in [2.05, 4.69) is 36.6 Å². The SMILES string of the molecule is FC(F)(F)C(CBr)COCC(CBr)C(F)(F)F. The fourth-order valence-corrected chi connectivity index (χ4v) is 1.91. The van der Waals surface area contributed by atoms with Gasteiger partial charge in [0.1, 0.15) is 0 Å². The molecule has 0 spiro atoms. The molecule has 0 saturated heterocycles. The van der Waals surface area contributed by atoms with Crippen LogP contribution in [0.3, 0.4) is 0 Å². The normalized spacial score (nSPS) is 16.9. The summed E-state index contributed by atoms with van der Waals surface area (Å²) in [7, 11) is 0. The molecule has 0 aliphatic carbocycles. The van der Waals surface area contributed by atoms with Crippen molar-refractivity contribution >= 4 is 31.9 Å². The van der Waals surface area contributed by atoms with Crippen LogP contribution >= 0.6 is 31.9 Å². The van der Waals surface area contributed by atoms with E-state index in [1.54, 1.807) is 0 Å². The molecule has 0 aliphatic heterocycles. The second kappa shape index (κ2) is 7.18. The van der Waals surface area contributed by atoms with Gasteiger partial charge in [0.25, 0.3) is 0 Å². The van der Waals surface area contributed by atoms with Crippen molar-refractivity contribution in [1.29, 1.82) is 0 Å². The molecule has 0 heterocycles. The van der Waals surface area contributed by atoms with Crippen LogP contribution in [0.5, 0.6) is 0 Å². The number of hydrogen-bond donors (Lipinski definition) is 0. The highest BCUT2D eigenvalue weighted by atomic mass is 79.9. The Bertz CT molecular complexity index is 195. The topological polar surface area (TPSA) is 9.23 Å². The van der Waals surface area contributed by atoms with E-state index in [4.69, 9.17) is 0 Å². The van der Waals surface area contributed by atoms with Gasteiger partial charge in [-0.2, -0.15) is 26.3 Å². The molecular formula is C8H10Br2F6O. The Balaban J connectivity index is 4.13. The van der Waals surface area contributed by atoms with Crippen LogP contribution in [-0.4, -0.2) is 36.2 Å². The van der Waals surface area contributed by atoms with Crippen molar-refractivity contribution in [3.8, 4) is 0 Å². The van der Waals surface area contributed by atoms with Gasteiger partial charge in [-0.15, -0.1) is 0 Å². The van der Waals surface area contributed by atoms with Crippen LogP contribution in [0.1, 0.15) is 0 Å². The van der Waals surface area contributed by atoms with Crippen LogP contribution in [0.4, 0.5) is 26.3 Å². The van der Waals surface area contributed by atoms with Crippen LogP contribution in [-0.2, 0) is 4.74 Å². The molecule has 1 nitrogen and oxygen atoms in total. The molecule has 104 valence electrons. The summed E-state index contributed by atoms with van der Waals surface area (Å²) in [6.07, 6.45) is -8.96. The van der Waals surface area contributed by atoms with Gasteiger partial charge in [0.2, 0.25) is 0 Å². The van der Waals surface area contributed by atoms with Gasteiger partial charge in [0.05, 0.1) is 25.0 Å². The molecule has 0 aromatic carbocycles. The number of alkyl halides is 8. The molecule has 2 atom stereocenters. The Morgan fingerprint density at radius 3 is 1.24 bits per heavy atom. The van der Waals surface area contributed by atoms with E-state index in [1.807, 2.05) is 0 Å². The van der Waals surface area contributed by atoms with Crippen molar-refractivity contribution in [3.05, 3.63) is 0 Å². The van der Waals surface area contributed by atoms with Gasteiger partial charge >= 0.3 is 12.4 Å². The van der Waals surface area contributed by atoms with Crippen molar-refractivity contribution < 1.29 is 31.1 Å². The van der Waals surface area contributed by atoms with E-state index in [9.17, 15) is 26.3 Å². The van der Waals surface area contributed by atoms with Crippen LogP contribution in [0.2, 0.25) is 0 Å². The average Bonchev–Trinajstić information content (AvgIpc) is 2.13.